The lowest BCUT2D eigenvalue weighted by Crippen LogP contribution is -1.94. The van der Waals surface area contributed by atoms with Gasteiger partial charge in [0.1, 0.15) is 0 Å². The van der Waals surface area contributed by atoms with Crippen LogP contribution in [0.3, 0.4) is 0 Å². The molecule has 0 heterocycles. The summed E-state index contributed by atoms with van der Waals surface area (Å²) in [6.07, 6.45) is 7.49. The van der Waals surface area contributed by atoms with Crippen LogP contribution in [0.5, 0.6) is 0 Å². The fourth-order valence-electron chi connectivity index (χ4n) is 0.750. The smallest absolute Gasteiger partial charge is 0.00260 e. The highest BCUT2D eigenvalue weighted by Gasteiger charge is 2.00. The average Bonchev–Trinajstić information content (AvgIpc) is 1.87. The second-order valence-electron chi connectivity index (χ2n) is 2.36. The number of allylic oxidation sites excluding steroid dienone is 1. The molecular weight excluding hydrogens is 108 g/mol. The van der Waals surface area contributed by atoms with Crippen LogP contribution in [0, 0.1) is 18.3 Å². The van der Waals surface area contributed by atoms with E-state index in [4.69, 9.17) is 6.42 Å². The molecule has 0 radical (unpaired) electrons. The Hall–Kier alpha value is -0.700. The number of hydrogen-bond acceptors (Lipinski definition) is 0. The fourth-order valence-corrected chi connectivity index (χ4v) is 0.750. The van der Waals surface area contributed by atoms with Crippen molar-refractivity contribution in [2.45, 2.75) is 26.7 Å². The molecule has 0 bridgehead atoms. The number of hydrogen-bond donors (Lipinski definition) is 0. The van der Waals surface area contributed by atoms with Gasteiger partial charge in [-0.05, 0) is 17.9 Å². The predicted octanol–water partition coefficient (Wildman–Crippen LogP) is 2.61. The minimum Gasteiger partial charge on any atom is -0.115 e. The topological polar surface area (TPSA) is 0 Å². The first-order chi connectivity index (χ1) is 4.22. The van der Waals surface area contributed by atoms with Crippen molar-refractivity contribution in [3.05, 3.63) is 12.2 Å². The summed E-state index contributed by atoms with van der Waals surface area (Å²) in [6, 6.07) is 0. The minimum absolute atomic E-state index is 0.500. The lowest BCUT2D eigenvalue weighted by atomic mass is 9.99. The van der Waals surface area contributed by atoms with Crippen LogP contribution in [-0.4, -0.2) is 0 Å². The molecule has 0 aromatic rings. The van der Waals surface area contributed by atoms with Gasteiger partial charge in [0.25, 0.3) is 0 Å². The maximum Gasteiger partial charge on any atom is -0.00260 e. The summed E-state index contributed by atoms with van der Waals surface area (Å²) in [7, 11) is 0. The molecule has 1 atom stereocenters. The van der Waals surface area contributed by atoms with Gasteiger partial charge < -0.3 is 0 Å². The molecule has 0 saturated carbocycles. The van der Waals surface area contributed by atoms with E-state index in [0.717, 1.165) is 12.0 Å². The third-order valence-corrected chi connectivity index (χ3v) is 1.50. The molecule has 0 spiro atoms. The van der Waals surface area contributed by atoms with Crippen LogP contribution < -0.4 is 0 Å². The van der Waals surface area contributed by atoms with Gasteiger partial charge in [-0.25, -0.2) is 0 Å². The number of terminal acetylenes is 1. The summed E-state index contributed by atoms with van der Waals surface area (Å²) >= 11 is 0. The Kier molecular flexibility index (Phi) is 3.88. The highest BCUT2D eigenvalue weighted by Crippen LogP contribution is 2.12. The van der Waals surface area contributed by atoms with Gasteiger partial charge in [-0.2, -0.15) is 0 Å². The molecule has 0 aromatic heterocycles. The van der Waals surface area contributed by atoms with E-state index in [1.807, 2.05) is 0 Å². The SMILES string of the molecule is C#CC(=C)C(C)CCC. The van der Waals surface area contributed by atoms with Crippen molar-refractivity contribution in [2.75, 3.05) is 0 Å². The molecule has 0 N–H and O–H groups in total. The quantitative estimate of drug-likeness (QED) is 0.505. The lowest BCUT2D eigenvalue weighted by molar-refractivity contribution is 0.618. The molecule has 0 rings (SSSR count). The Balaban J connectivity index is 3.62. The number of rotatable bonds is 3. The molecule has 0 fully saturated rings. The van der Waals surface area contributed by atoms with Crippen LogP contribution in [0.25, 0.3) is 0 Å². The van der Waals surface area contributed by atoms with Gasteiger partial charge in [0, 0.05) is 0 Å². The van der Waals surface area contributed by atoms with Crippen molar-refractivity contribution in [1.82, 2.24) is 0 Å². The molecule has 0 saturated heterocycles. The zero-order valence-electron chi connectivity index (χ0n) is 6.28. The molecule has 1 unspecified atom stereocenters. The average molecular weight is 122 g/mol. The summed E-state index contributed by atoms with van der Waals surface area (Å²) < 4.78 is 0. The van der Waals surface area contributed by atoms with Gasteiger partial charge in [0.05, 0.1) is 0 Å². The monoisotopic (exact) mass is 122 g/mol. The fraction of sp³-hybridized carbons (Fsp3) is 0.556. The van der Waals surface area contributed by atoms with Crippen molar-refractivity contribution in [3.8, 4) is 12.3 Å². The summed E-state index contributed by atoms with van der Waals surface area (Å²) in [6.45, 7) is 8.03. The van der Waals surface area contributed by atoms with E-state index in [9.17, 15) is 0 Å². The van der Waals surface area contributed by atoms with E-state index in [-0.39, 0.29) is 0 Å². The normalized spacial score (nSPS) is 12.1. The summed E-state index contributed by atoms with van der Waals surface area (Å²) in [5, 5.41) is 0. The van der Waals surface area contributed by atoms with Crippen LogP contribution in [0.15, 0.2) is 12.2 Å². The van der Waals surface area contributed by atoms with Crippen LogP contribution in [-0.2, 0) is 0 Å². The molecular formula is C9H14. The van der Waals surface area contributed by atoms with Crippen molar-refractivity contribution in [1.29, 1.82) is 0 Å². The maximum atomic E-state index is 5.15. The largest absolute Gasteiger partial charge is 0.115 e. The summed E-state index contributed by atoms with van der Waals surface area (Å²) in [5.41, 5.74) is 0.928. The molecule has 0 aliphatic carbocycles. The predicted molar refractivity (Wildman–Crippen MR) is 42.0 cm³/mol. The van der Waals surface area contributed by atoms with Gasteiger partial charge in [-0.15, -0.1) is 6.42 Å². The van der Waals surface area contributed by atoms with Crippen molar-refractivity contribution >= 4 is 0 Å². The second-order valence-corrected chi connectivity index (χ2v) is 2.36. The molecule has 0 heteroatoms. The molecule has 0 aliphatic rings. The third kappa shape index (κ3) is 2.98. The molecule has 0 aromatic carbocycles. The highest BCUT2D eigenvalue weighted by molar-refractivity contribution is 5.23. The van der Waals surface area contributed by atoms with Gasteiger partial charge in [-0.3, -0.25) is 0 Å². The van der Waals surface area contributed by atoms with Gasteiger partial charge >= 0.3 is 0 Å². The Morgan fingerprint density at radius 3 is 2.67 bits per heavy atom. The maximum absolute atomic E-state index is 5.15. The van der Waals surface area contributed by atoms with Crippen molar-refractivity contribution < 1.29 is 0 Å². The van der Waals surface area contributed by atoms with Gasteiger partial charge in [-0.1, -0.05) is 32.8 Å². The van der Waals surface area contributed by atoms with E-state index in [1.165, 1.54) is 6.42 Å². The third-order valence-electron chi connectivity index (χ3n) is 1.50. The van der Waals surface area contributed by atoms with E-state index in [2.05, 4.69) is 26.3 Å². The zero-order chi connectivity index (χ0) is 7.28. The first kappa shape index (κ1) is 8.30. The Labute approximate surface area is 58.0 Å². The van der Waals surface area contributed by atoms with Crippen LogP contribution in [0.1, 0.15) is 26.7 Å². The highest BCUT2D eigenvalue weighted by atomic mass is 14.0. The summed E-state index contributed by atoms with van der Waals surface area (Å²) in [4.78, 5) is 0. The first-order valence-corrected chi connectivity index (χ1v) is 3.37. The van der Waals surface area contributed by atoms with Crippen molar-refractivity contribution in [2.24, 2.45) is 5.92 Å². The zero-order valence-corrected chi connectivity index (χ0v) is 6.28. The van der Waals surface area contributed by atoms with E-state index >= 15 is 0 Å². The first-order valence-electron chi connectivity index (χ1n) is 3.37. The van der Waals surface area contributed by atoms with E-state index in [0.29, 0.717) is 5.92 Å². The van der Waals surface area contributed by atoms with E-state index in [1.54, 1.807) is 0 Å². The molecule has 0 amide bonds. The molecule has 9 heavy (non-hydrogen) atoms. The molecule has 50 valence electrons. The van der Waals surface area contributed by atoms with Crippen LogP contribution in [0.4, 0.5) is 0 Å². The van der Waals surface area contributed by atoms with Gasteiger partial charge in [0.2, 0.25) is 0 Å². The minimum atomic E-state index is 0.500. The standard InChI is InChI=1S/C9H14/c1-5-7-9(4)8(3)6-2/h2,9H,3,5,7H2,1,4H3. The van der Waals surface area contributed by atoms with Crippen LogP contribution in [0.2, 0.25) is 0 Å². The molecule has 0 nitrogen and oxygen atoms in total. The Morgan fingerprint density at radius 2 is 2.33 bits per heavy atom. The Morgan fingerprint density at radius 1 is 1.78 bits per heavy atom. The second kappa shape index (κ2) is 4.21. The lowest BCUT2D eigenvalue weighted by Gasteiger charge is -2.06. The Bertz CT molecular complexity index is 125. The van der Waals surface area contributed by atoms with Crippen LogP contribution >= 0.6 is 0 Å². The summed E-state index contributed by atoms with van der Waals surface area (Å²) in [5.74, 6) is 3.06. The van der Waals surface area contributed by atoms with Gasteiger partial charge in [0.15, 0.2) is 0 Å². The van der Waals surface area contributed by atoms with Crippen molar-refractivity contribution in [3.63, 3.8) is 0 Å². The molecule has 0 aliphatic heterocycles. The van der Waals surface area contributed by atoms with E-state index < -0.39 is 0 Å².